The Balaban J connectivity index is 1.90. The molecule has 0 unspecified atom stereocenters. The molecule has 1 saturated heterocycles. The fourth-order valence-electron chi connectivity index (χ4n) is 1.89. The van der Waals surface area contributed by atoms with E-state index in [9.17, 15) is 0 Å². The molecule has 1 aromatic heterocycles. The van der Waals surface area contributed by atoms with Crippen LogP contribution in [-0.4, -0.2) is 24.6 Å². The SMILES string of the molecule is Clc1cc(NCC2CCNCC2)c(I)cn1. The molecule has 5 heteroatoms. The van der Waals surface area contributed by atoms with E-state index >= 15 is 0 Å². The summed E-state index contributed by atoms with van der Waals surface area (Å²) in [5, 5.41) is 7.39. The number of nitrogens with one attached hydrogen (secondary N) is 2. The number of anilines is 1. The summed E-state index contributed by atoms with van der Waals surface area (Å²) in [6.07, 6.45) is 4.30. The lowest BCUT2D eigenvalue weighted by Gasteiger charge is -2.23. The molecule has 0 bridgehead atoms. The first-order chi connectivity index (χ1) is 7.75. The zero-order chi connectivity index (χ0) is 11.4. The Bertz CT molecular complexity index is 353. The molecule has 0 amide bonds. The van der Waals surface area contributed by atoms with Crippen LogP contribution in [0.2, 0.25) is 5.15 Å². The van der Waals surface area contributed by atoms with Gasteiger partial charge < -0.3 is 10.6 Å². The maximum Gasteiger partial charge on any atom is 0.131 e. The molecule has 0 aromatic carbocycles. The third kappa shape index (κ3) is 3.46. The summed E-state index contributed by atoms with van der Waals surface area (Å²) in [5.74, 6) is 0.768. The standard InChI is InChI=1S/C11H15ClIN3/c12-11-5-10(9(13)7-16-11)15-6-8-1-3-14-4-2-8/h5,7-8,14H,1-4,6H2,(H,15,16). The Hall–Kier alpha value is -0.0700. The van der Waals surface area contributed by atoms with E-state index in [0.29, 0.717) is 5.15 Å². The van der Waals surface area contributed by atoms with E-state index in [4.69, 9.17) is 11.6 Å². The molecule has 16 heavy (non-hydrogen) atoms. The van der Waals surface area contributed by atoms with Crippen LogP contribution < -0.4 is 10.6 Å². The number of piperidine rings is 1. The predicted octanol–water partition coefficient (Wildman–Crippen LogP) is 2.75. The normalized spacial score (nSPS) is 17.4. The maximum atomic E-state index is 5.87. The summed E-state index contributed by atoms with van der Waals surface area (Å²) in [7, 11) is 0. The second kappa shape index (κ2) is 6.02. The van der Waals surface area contributed by atoms with Gasteiger partial charge in [0.1, 0.15) is 5.15 Å². The second-order valence-corrected chi connectivity index (χ2v) is 5.61. The van der Waals surface area contributed by atoms with Gasteiger partial charge in [-0.25, -0.2) is 4.98 Å². The van der Waals surface area contributed by atoms with Crippen molar-refractivity contribution in [2.45, 2.75) is 12.8 Å². The van der Waals surface area contributed by atoms with Crippen molar-refractivity contribution in [1.82, 2.24) is 10.3 Å². The van der Waals surface area contributed by atoms with E-state index in [-0.39, 0.29) is 0 Å². The van der Waals surface area contributed by atoms with Gasteiger partial charge in [0, 0.05) is 12.7 Å². The lowest BCUT2D eigenvalue weighted by molar-refractivity contribution is 0.390. The molecule has 3 nitrogen and oxygen atoms in total. The molecule has 0 atom stereocenters. The van der Waals surface area contributed by atoms with Gasteiger partial charge in [-0.05, 0) is 60.5 Å². The van der Waals surface area contributed by atoms with Gasteiger partial charge in [-0.15, -0.1) is 0 Å². The Labute approximate surface area is 114 Å². The van der Waals surface area contributed by atoms with E-state index in [1.165, 1.54) is 12.8 Å². The first-order valence-electron chi connectivity index (χ1n) is 5.51. The van der Waals surface area contributed by atoms with Crippen LogP contribution >= 0.6 is 34.2 Å². The summed E-state index contributed by atoms with van der Waals surface area (Å²) in [6, 6.07) is 1.89. The minimum atomic E-state index is 0.549. The average molecular weight is 352 g/mol. The third-order valence-electron chi connectivity index (χ3n) is 2.86. The van der Waals surface area contributed by atoms with Crippen LogP contribution in [0.15, 0.2) is 12.3 Å². The highest BCUT2D eigenvalue weighted by molar-refractivity contribution is 14.1. The Morgan fingerprint density at radius 2 is 2.25 bits per heavy atom. The number of hydrogen-bond donors (Lipinski definition) is 2. The van der Waals surface area contributed by atoms with E-state index in [1.54, 1.807) is 6.20 Å². The van der Waals surface area contributed by atoms with Crippen LogP contribution in [0.25, 0.3) is 0 Å². The first kappa shape index (κ1) is 12.4. The number of nitrogens with zero attached hydrogens (tertiary/aromatic N) is 1. The van der Waals surface area contributed by atoms with Gasteiger partial charge in [-0.3, -0.25) is 0 Å². The van der Waals surface area contributed by atoms with E-state index in [1.807, 2.05) is 6.07 Å². The molecule has 0 radical (unpaired) electrons. The van der Waals surface area contributed by atoms with Crippen molar-refractivity contribution in [3.8, 4) is 0 Å². The Morgan fingerprint density at radius 1 is 1.50 bits per heavy atom. The van der Waals surface area contributed by atoms with Gasteiger partial charge in [0.2, 0.25) is 0 Å². The van der Waals surface area contributed by atoms with Crippen LogP contribution in [0.1, 0.15) is 12.8 Å². The van der Waals surface area contributed by atoms with Crippen LogP contribution in [0.5, 0.6) is 0 Å². The molecule has 1 fully saturated rings. The highest BCUT2D eigenvalue weighted by Gasteiger charge is 2.13. The molecule has 1 aromatic rings. The third-order valence-corrected chi connectivity index (χ3v) is 3.93. The van der Waals surface area contributed by atoms with E-state index in [0.717, 1.165) is 34.8 Å². The average Bonchev–Trinajstić information content (AvgIpc) is 2.32. The van der Waals surface area contributed by atoms with Gasteiger partial charge in [-0.2, -0.15) is 0 Å². The summed E-state index contributed by atoms with van der Waals surface area (Å²) in [5.41, 5.74) is 1.10. The number of pyridine rings is 1. The molecule has 0 spiro atoms. The Morgan fingerprint density at radius 3 is 3.00 bits per heavy atom. The van der Waals surface area contributed by atoms with Crippen LogP contribution in [0.3, 0.4) is 0 Å². The Kier molecular flexibility index (Phi) is 4.66. The van der Waals surface area contributed by atoms with Crippen molar-refractivity contribution in [1.29, 1.82) is 0 Å². The molecule has 1 aliphatic heterocycles. The van der Waals surface area contributed by atoms with Crippen molar-refractivity contribution >= 4 is 39.9 Å². The molecule has 0 saturated carbocycles. The van der Waals surface area contributed by atoms with E-state index in [2.05, 4.69) is 38.2 Å². The van der Waals surface area contributed by atoms with Crippen LogP contribution in [0, 0.1) is 9.49 Å². The molecule has 2 heterocycles. The molecule has 1 aliphatic rings. The van der Waals surface area contributed by atoms with E-state index < -0.39 is 0 Å². The van der Waals surface area contributed by atoms with Gasteiger partial charge >= 0.3 is 0 Å². The molecule has 0 aliphatic carbocycles. The highest BCUT2D eigenvalue weighted by Crippen LogP contribution is 2.21. The van der Waals surface area contributed by atoms with Crippen LogP contribution in [-0.2, 0) is 0 Å². The number of halogens is 2. The van der Waals surface area contributed by atoms with Crippen molar-refractivity contribution in [2.75, 3.05) is 25.0 Å². The summed E-state index contributed by atoms with van der Waals surface area (Å²) in [6.45, 7) is 3.30. The predicted molar refractivity (Wildman–Crippen MR) is 76.0 cm³/mol. The summed E-state index contributed by atoms with van der Waals surface area (Å²) >= 11 is 8.15. The smallest absolute Gasteiger partial charge is 0.131 e. The first-order valence-corrected chi connectivity index (χ1v) is 6.97. The minimum absolute atomic E-state index is 0.549. The monoisotopic (exact) mass is 351 g/mol. The summed E-state index contributed by atoms with van der Waals surface area (Å²) in [4.78, 5) is 4.04. The number of rotatable bonds is 3. The lowest BCUT2D eigenvalue weighted by Crippen LogP contribution is -2.31. The fourth-order valence-corrected chi connectivity index (χ4v) is 2.53. The van der Waals surface area contributed by atoms with Gasteiger partial charge in [0.15, 0.2) is 0 Å². The molecule has 88 valence electrons. The fraction of sp³-hybridized carbons (Fsp3) is 0.545. The molecule has 2 N–H and O–H groups in total. The second-order valence-electron chi connectivity index (χ2n) is 4.06. The zero-order valence-electron chi connectivity index (χ0n) is 8.97. The van der Waals surface area contributed by atoms with Crippen LogP contribution in [0.4, 0.5) is 5.69 Å². The topological polar surface area (TPSA) is 37.0 Å². The number of hydrogen-bond acceptors (Lipinski definition) is 3. The minimum Gasteiger partial charge on any atom is -0.384 e. The van der Waals surface area contributed by atoms with Crippen molar-refractivity contribution < 1.29 is 0 Å². The summed E-state index contributed by atoms with van der Waals surface area (Å²) < 4.78 is 1.12. The zero-order valence-corrected chi connectivity index (χ0v) is 11.9. The molecular formula is C11H15ClIN3. The van der Waals surface area contributed by atoms with Gasteiger partial charge in [-0.1, -0.05) is 11.6 Å². The molecule has 2 rings (SSSR count). The number of aromatic nitrogens is 1. The van der Waals surface area contributed by atoms with Crippen molar-refractivity contribution in [3.63, 3.8) is 0 Å². The lowest BCUT2D eigenvalue weighted by atomic mass is 9.98. The quantitative estimate of drug-likeness (QED) is 0.649. The largest absolute Gasteiger partial charge is 0.384 e. The highest BCUT2D eigenvalue weighted by atomic mass is 127. The van der Waals surface area contributed by atoms with Gasteiger partial charge in [0.05, 0.1) is 9.26 Å². The maximum absolute atomic E-state index is 5.87. The van der Waals surface area contributed by atoms with Crippen molar-refractivity contribution in [2.24, 2.45) is 5.92 Å². The van der Waals surface area contributed by atoms with Crippen molar-refractivity contribution in [3.05, 3.63) is 21.0 Å². The molecular weight excluding hydrogens is 336 g/mol. The van der Waals surface area contributed by atoms with Gasteiger partial charge in [0.25, 0.3) is 0 Å².